The SMILES string of the molecule is CCN(CC)C(CC)(CC)C(O)c1cnc(C(F)(F)F)s1. The van der Waals surface area contributed by atoms with Gasteiger partial charge in [0.2, 0.25) is 0 Å². The molecule has 122 valence electrons. The molecule has 0 aliphatic heterocycles. The number of hydrogen-bond donors (Lipinski definition) is 1. The van der Waals surface area contributed by atoms with E-state index in [4.69, 9.17) is 0 Å². The standard InChI is InChI=1S/C14H23F3N2OS/c1-5-13(6-2,19(7-3)8-4)11(20)10-9-18-12(21-10)14(15,16)17/h9,11,20H,5-8H2,1-4H3. The zero-order valence-electron chi connectivity index (χ0n) is 12.9. The van der Waals surface area contributed by atoms with Crippen LogP contribution in [-0.4, -0.2) is 33.6 Å². The highest BCUT2D eigenvalue weighted by molar-refractivity contribution is 7.11. The summed E-state index contributed by atoms with van der Waals surface area (Å²) < 4.78 is 38.0. The van der Waals surface area contributed by atoms with E-state index in [0.717, 1.165) is 19.3 Å². The summed E-state index contributed by atoms with van der Waals surface area (Å²) in [7, 11) is 0. The second kappa shape index (κ2) is 7.07. The van der Waals surface area contributed by atoms with Gasteiger partial charge in [-0.3, -0.25) is 4.90 Å². The molecule has 1 rings (SSSR count). The molecule has 0 saturated carbocycles. The van der Waals surface area contributed by atoms with E-state index in [1.807, 2.05) is 27.7 Å². The highest BCUT2D eigenvalue weighted by Crippen LogP contribution is 2.41. The van der Waals surface area contributed by atoms with Gasteiger partial charge in [-0.15, -0.1) is 11.3 Å². The van der Waals surface area contributed by atoms with Crippen molar-refractivity contribution >= 4 is 11.3 Å². The van der Waals surface area contributed by atoms with Gasteiger partial charge < -0.3 is 5.11 Å². The molecule has 0 radical (unpaired) electrons. The van der Waals surface area contributed by atoms with Crippen LogP contribution in [0.3, 0.4) is 0 Å². The zero-order chi connectivity index (χ0) is 16.3. The molecule has 1 aromatic rings. The minimum atomic E-state index is -4.46. The Morgan fingerprint density at radius 1 is 1.19 bits per heavy atom. The molecule has 1 unspecified atom stereocenters. The molecule has 0 saturated heterocycles. The fourth-order valence-corrected chi connectivity index (χ4v) is 3.80. The van der Waals surface area contributed by atoms with Gasteiger partial charge in [0.05, 0.1) is 10.4 Å². The van der Waals surface area contributed by atoms with Crippen molar-refractivity contribution in [2.24, 2.45) is 0 Å². The maximum absolute atomic E-state index is 12.7. The summed E-state index contributed by atoms with van der Waals surface area (Å²) >= 11 is 0.531. The Morgan fingerprint density at radius 3 is 2.05 bits per heavy atom. The molecule has 1 N–H and O–H groups in total. The average Bonchev–Trinajstić information content (AvgIpc) is 2.94. The summed E-state index contributed by atoms with van der Waals surface area (Å²) in [5, 5.41) is 9.80. The van der Waals surface area contributed by atoms with E-state index in [0.29, 0.717) is 24.2 Å². The third-order valence-electron chi connectivity index (χ3n) is 4.16. The molecule has 7 heteroatoms. The molecule has 0 aromatic carbocycles. The number of aromatic nitrogens is 1. The van der Waals surface area contributed by atoms with Crippen molar-refractivity contribution in [2.75, 3.05) is 13.1 Å². The molecular weight excluding hydrogens is 301 g/mol. The van der Waals surface area contributed by atoms with E-state index >= 15 is 0 Å². The highest BCUT2D eigenvalue weighted by Gasteiger charge is 2.42. The van der Waals surface area contributed by atoms with Crippen LogP contribution in [0.2, 0.25) is 0 Å². The van der Waals surface area contributed by atoms with Crippen LogP contribution in [0.1, 0.15) is 56.5 Å². The first kappa shape index (κ1) is 18.4. The molecule has 1 aromatic heterocycles. The summed E-state index contributed by atoms with van der Waals surface area (Å²) in [6.07, 6.45) is -2.96. The highest BCUT2D eigenvalue weighted by atomic mass is 32.1. The lowest BCUT2D eigenvalue weighted by atomic mass is 9.83. The lowest BCUT2D eigenvalue weighted by molar-refractivity contribution is -0.137. The van der Waals surface area contributed by atoms with Crippen LogP contribution in [0.25, 0.3) is 0 Å². The van der Waals surface area contributed by atoms with Gasteiger partial charge in [-0.05, 0) is 25.9 Å². The smallest absolute Gasteiger partial charge is 0.386 e. The predicted molar refractivity (Wildman–Crippen MR) is 78.3 cm³/mol. The number of halogens is 3. The molecular formula is C14H23F3N2OS. The minimum absolute atomic E-state index is 0.276. The minimum Gasteiger partial charge on any atom is -0.386 e. The Labute approximate surface area is 127 Å². The van der Waals surface area contributed by atoms with Crippen LogP contribution < -0.4 is 0 Å². The van der Waals surface area contributed by atoms with Gasteiger partial charge in [0, 0.05) is 6.20 Å². The molecule has 0 spiro atoms. The van der Waals surface area contributed by atoms with Gasteiger partial charge in [-0.25, -0.2) is 4.98 Å². The summed E-state index contributed by atoms with van der Waals surface area (Å²) in [4.78, 5) is 5.81. The monoisotopic (exact) mass is 324 g/mol. The summed E-state index contributed by atoms with van der Waals surface area (Å²) in [5.74, 6) is 0. The molecule has 0 aliphatic carbocycles. The normalized spacial score (nSPS) is 14.7. The number of aliphatic hydroxyl groups excluding tert-OH is 1. The van der Waals surface area contributed by atoms with E-state index < -0.39 is 22.8 Å². The van der Waals surface area contributed by atoms with Gasteiger partial charge in [0.25, 0.3) is 0 Å². The Kier molecular flexibility index (Phi) is 6.19. The lowest BCUT2D eigenvalue weighted by Crippen LogP contribution is -2.52. The molecule has 0 bridgehead atoms. The first-order valence-corrected chi connectivity index (χ1v) is 8.04. The second-order valence-electron chi connectivity index (χ2n) is 4.95. The third kappa shape index (κ3) is 3.57. The number of aliphatic hydroxyl groups is 1. The molecule has 1 atom stereocenters. The van der Waals surface area contributed by atoms with Crippen molar-refractivity contribution in [1.82, 2.24) is 9.88 Å². The summed E-state index contributed by atoms with van der Waals surface area (Å²) in [6.45, 7) is 9.36. The Bertz CT molecular complexity index is 440. The Balaban J connectivity index is 3.17. The van der Waals surface area contributed by atoms with Gasteiger partial charge in [-0.2, -0.15) is 13.2 Å². The molecule has 1 heterocycles. The zero-order valence-corrected chi connectivity index (χ0v) is 13.7. The topological polar surface area (TPSA) is 36.4 Å². The van der Waals surface area contributed by atoms with Crippen LogP contribution in [-0.2, 0) is 6.18 Å². The number of alkyl halides is 3. The first-order valence-electron chi connectivity index (χ1n) is 7.22. The fraction of sp³-hybridized carbons (Fsp3) is 0.786. The first-order chi connectivity index (χ1) is 9.76. The molecule has 0 fully saturated rings. The van der Waals surface area contributed by atoms with Crippen molar-refractivity contribution in [3.8, 4) is 0 Å². The van der Waals surface area contributed by atoms with Crippen molar-refractivity contribution in [1.29, 1.82) is 0 Å². The van der Waals surface area contributed by atoms with Crippen molar-refractivity contribution in [3.63, 3.8) is 0 Å². The number of nitrogens with zero attached hydrogens (tertiary/aromatic N) is 2. The van der Waals surface area contributed by atoms with Crippen molar-refractivity contribution < 1.29 is 18.3 Å². The molecule has 0 amide bonds. The summed E-state index contributed by atoms with van der Waals surface area (Å²) in [6, 6.07) is 0. The Morgan fingerprint density at radius 2 is 1.71 bits per heavy atom. The van der Waals surface area contributed by atoms with Crippen LogP contribution in [0.15, 0.2) is 6.20 Å². The average molecular weight is 324 g/mol. The van der Waals surface area contributed by atoms with Crippen molar-refractivity contribution in [2.45, 2.75) is 58.4 Å². The maximum Gasteiger partial charge on any atom is 0.443 e. The number of hydrogen-bond acceptors (Lipinski definition) is 4. The van der Waals surface area contributed by atoms with Gasteiger partial charge in [0.15, 0.2) is 5.01 Å². The number of rotatable bonds is 7. The van der Waals surface area contributed by atoms with E-state index in [1.54, 1.807) is 0 Å². The van der Waals surface area contributed by atoms with Gasteiger partial charge in [0.1, 0.15) is 6.10 Å². The van der Waals surface area contributed by atoms with Crippen LogP contribution in [0.4, 0.5) is 13.2 Å². The van der Waals surface area contributed by atoms with Crippen molar-refractivity contribution in [3.05, 3.63) is 16.1 Å². The van der Waals surface area contributed by atoms with Crippen LogP contribution in [0.5, 0.6) is 0 Å². The number of likely N-dealkylation sites (N-methyl/N-ethyl adjacent to an activating group) is 1. The Hall–Kier alpha value is -0.660. The number of thiazole rings is 1. The van der Waals surface area contributed by atoms with E-state index in [9.17, 15) is 18.3 Å². The third-order valence-corrected chi connectivity index (χ3v) is 5.26. The quantitative estimate of drug-likeness (QED) is 0.820. The molecule has 3 nitrogen and oxygen atoms in total. The molecule has 21 heavy (non-hydrogen) atoms. The maximum atomic E-state index is 12.7. The fourth-order valence-electron chi connectivity index (χ4n) is 2.92. The lowest BCUT2D eigenvalue weighted by Gasteiger charge is -2.45. The van der Waals surface area contributed by atoms with Gasteiger partial charge >= 0.3 is 6.18 Å². The van der Waals surface area contributed by atoms with E-state index in [2.05, 4.69) is 9.88 Å². The largest absolute Gasteiger partial charge is 0.443 e. The van der Waals surface area contributed by atoms with Crippen LogP contribution >= 0.6 is 11.3 Å². The predicted octanol–water partition coefficient (Wildman–Crippen LogP) is 4.10. The van der Waals surface area contributed by atoms with Crippen LogP contribution in [0, 0.1) is 0 Å². The second-order valence-corrected chi connectivity index (χ2v) is 6.01. The van der Waals surface area contributed by atoms with E-state index in [-0.39, 0.29) is 4.88 Å². The molecule has 0 aliphatic rings. The van der Waals surface area contributed by atoms with Gasteiger partial charge in [-0.1, -0.05) is 27.7 Å². The van der Waals surface area contributed by atoms with E-state index in [1.165, 1.54) is 0 Å². The summed E-state index contributed by atoms with van der Waals surface area (Å²) in [5.41, 5.74) is -0.557.